The third-order valence-corrected chi connectivity index (χ3v) is 5.07. The van der Waals surface area contributed by atoms with Crippen LogP contribution in [-0.2, 0) is 19.6 Å². The molecule has 0 saturated heterocycles. The number of hydrogen-bond acceptors (Lipinski definition) is 5. The Hall–Kier alpha value is -2.88. The Bertz CT molecular complexity index is 859. The molecule has 0 spiro atoms. The van der Waals surface area contributed by atoms with Crippen molar-refractivity contribution in [2.24, 2.45) is 5.41 Å². The number of carbonyl (C=O) groups is 3. The molecule has 0 fully saturated rings. The molecule has 154 valence electrons. The Morgan fingerprint density at radius 3 is 2.04 bits per heavy atom. The third-order valence-electron chi connectivity index (χ3n) is 3.71. The molecule has 0 bridgehead atoms. The molecule has 9 nitrogen and oxygen atoms in total. The zero-order valence-electron chi connectivity index (χ0n) is 16.1. The molecule has 1 aromatic carbocycles. The fraction of sp³-hybridized carbons (Fsp3) is 0.389. The molecule has 0 heterocycles. The fourth-order valence-corrected chi connectivity index (χ4v) is 3.23. The highest BCUT2D eigenvalue weighted by Crippen LogP contribution is 2.19. The molecular weight excluding hydrogens is 386 g/mol. The highest BCUT2D eigenvalue weighted by molar-refractivity contribution is 7.90. The molecule has 0 aliphatic rings. The van der Waals surface area contributed by atoms with E-state index in [9.17, 15) is 27.9 Å². The van der Waals surface area contributed by atoms with Crippen molar-refractivity contribution in [2.45, 2.75) is 44.7 Å². The molecule has 10 heteroatoms. The topological polar surface area (TPSA) is 142 Å². The van der Waals surface area contributed by atoms with Crippen molar-refractivity contribution in [3.8, 4) is 0 Å². The molecule has 2 atom stereocenters. The van der Waals surface area contributed by atoms with Gasteiger partial charge in [0.2, 0.25) is 0 Å². The predicted molar refractivity (Wildman–Crippen MR) is 103 cm³/mol. The minimum atomic E-state index is -4.14. The normalized spacial score (nSPS) is 13.7. The predicted octanol–water partition coefficient (Wildman–Crippen LogP) is 1.23. The minimum Gasteiger partial charge on any atom is -0.480 e. The molecule has 0 aliphatic heterocycles. The molecule has 3 amide bonds. The van der Waals surface area contributed by atoms with Crippen LogP contribution in [-0.4, -0.2) is 43.5 Å². The molecule has 0 aliphatic carbocycles. The monoisotopic (exact) mass is 411 g/mol. The van der Waals surface area contributed by atoms with Crippen molar-refractivity contribution < 1.29 is 27.9 Å². The van der Waals surface area contributed by atoms with Crippen LogP contribution in [0.5, 0.6) is 0 Å². The first-order chi connectivity index (χ1) is 12.8. The average Bonchev–Trinajstić information content (AvgIpc) is 2.56. The number of benzene rings is 1. The number of carbonyl (C=O) groups excluding carboxylic acids is 2. The van der Waals surface area contributed by atoms with Gasteiger partial charge in [-0.25, -0.2) is 22.7 Å². The standard InChI is InChI=1S/C18H25N3O6S/c1-11(2)13(19-17(25)20-14(16(23)24)18(3,4)5)15(22)21-28(26,27)12-9-7-6-8-10-12/h6-10,13-14H,1H2,2-5H3,(H,21,22)(H,23,24)(H2,19,20,25)/t13?,14-/m1/s1. The van der Waals surface area contributed by atoms with Crippen LogP contribution in [0.3, 0.4) is 0 Å². The second-order valence-corrected chi connectivity index (χ2v) is 9.00. The second-order valence-electron chi connectivity index (χ2n) is 7.32. The number of carboxylic acid groups (broad SMARTS) is 1. The molecule has 1 rings (SSSR count). The Morgan fingerprint density at radius 2 is 1.61 bits per heavy atom. The lowest BCUT2D eigenvalue weighted by atomic mass is 9.87. The van der Waals surface area contributed by atoms with E-state index in [1.165, 1.54) is 31.2 Å². The Balaban J connectivity index is 2.93. The van der Waals surface area contributed by atoms with E-state index in [-0.39, 0.29) is 10.5 Å². The van der Waals surface area contributed by atoms with Gasteiger partial charge in [-0.2, -0.15) is 0 Å². The highest BCUT2D eigenvalue weighted by Gasteiger charge is 2.34. The maximum absolute atomic E-state index is 12.4. The van der Waals surface area contributed by atoms with E-state index in [2.05, 4.69) is 17.2 Å². The van der Waals surface area contributed by atoms with Gasteiger partial charge in [-0.15, -0.1) is 0 Å². The summed E-state index contributed by atoms with van der Waals surface area (Å²) in [5, 5.41) is 13.8. The molecule has 0 radical (unpaired) electrons. The zero-order valence-corrected chi connectivity index (χ0v) is 17.0. The van der Waals surface area contributed by atoms with Crippen LogP contribution in [0.25, 0.3) is 0 Å². The van der Waals surface area contributed by atoms with Gasteiger partial charge in [0.15, 0.2) is 0 Å². The molecule has 28 heavy (non-hydrogen) atoms. The number of rotatable bonds is 7. The summed E-state index contributed by atoms with van der Waals surface area (Å²) in [6.45, 7) is 9.89. The van der Waals surface area contributed by atoms with Crippen LogP contribution in [0.1, 0.15) is 27.7 Å². The summed E-state index contributed by atoms with van der Waals surface area (Å²) in [5.41, 5.74) is -0.626. The van der Waals surface area contributed by atoms with Crippen LogP contribution in [0, 0.1) is 5.41 Å². The fourth-order valence-electron chi connectivity index (χ4n) is 2.21. The van der Waals surface area contributed by atoms with Crippen LogP contribution in [0.2, 0.25) is 0 Å². The highest BCUT2D eigenvalue weighted by atomic mass is 32.2. The van der Waals surface area contributed by atoms with E-state index in [4.69, 9.17) is 0 Å². The van der Waals surface area contributed by atoms with Crippen LogP contribution >= 0.6 is 0 Å². The van der Waals surface area contributed by atoms with Crippen molar-refractivity contribution in [3.63, 3.8) is 0 Å². The number of amides is 3. The van der Waals surface area contributed by atoms with Gasteiger partial charge in [-0.1, -0.05) is 45.5 Å². The van der Waals surface area contributed by atoms with Crippen LogP contribution in [0.15, 0.2) is 47.4 Å². The number of sulfonamides is 1. The maximum atomic E-state index is 12.4. The lowest BCUT2D eigenvalue weighted by Crippen LogP contribution is -2.57. The first kappa shape index (κ1) is 23.2. The maximum Gasteiger partial charge on any atom is 0.326 e. The van der Waals surface area contributed by atoms with E-state index in [0.717, 1.165) is 0 Å². The van der Waals surface area contributed by atoms with Crippen molar-refractivity contribution in [1.82, 2.24) is 15.4 Å². The summed E-state index contributed by atoms with van der Waals surface area (Å²) in [4.78, 5) is 35.9. The first-order valence-corrected chi connectivity index (χ1v) is 9.81. The summed E-state index contributed by atoms with van der Waals surface area (Å²) in [6.07, 6.45) is 0. The Kier molecular flexibility index (Phi) is 7.34. The average molecular weight is 411 g/mol. The van der Waals surface area contributed by atoms with Crippen molar-refractivity contribution >= 4 is 27.9 Å². The molecule has 0 aromatic heterocycles. The SMILES string of the molecule is C=C(C)C(NC(=O)N[C@H](C(=O)O)C(C)(C)C)C(=O)NS(=O)(=O)c1ccccc1. The van der Waals surface area contributed by atoms with Gasteiger partial charge in [-0.05, 0) is 30.0 Å². The number of aliphatic carboxylic acids is 1. The molecule has 4 N–H and O–H groups in total. The summed E-state index contributed by atoms with van der Waals surface area (Å²) < 4.78 is 26.5. The third kappa shape index (κ3) is 6.38. The van der Waals surface area contributed by atoms with Crippen molar-refractivity contribution in [3.05, 3.63) is 42.5 Å². The van der Waals surface area contributed by atoms with Crippen molar-refractivity contribution in [2.75, 3.05) is 0 Å². The van der Waals surface area contributed by atoms with E-state index < -0.39 is 45.4 Å². The van der Waals surface area contributed by atoms with E-state index in [0.29, 0.717) is 0 Å². The number of hydrogen-bond donors (Lipinski definition) is 4. The van der Waals surface area contributed by atoms with Gasteiger partial charge in [0, 0.05) is 0 Å². The summed E-state index contributed by atoms with van der Waals surface area (Å²) >= 11 is 0. The number of urea groups is 1. The van der Waals surface area contributed by atoms with E-state index >= 15 is 0 Å². The number of nitrogens with one attached hydrogen (secondary N) is 3. The lowest BCUT2D eigenvalue weighted by Gasteiger charge is -2.28. The Morgan fingerprint density at radius 1 is 1.07 bits per heavy atom. The first-order valence-electron chi connectivity index (χ1n) is 8.32. The second kappa shape index (κ2) is 8.87. The smallest absolute Gasteiger partial charge is 0.326 e. The minimum absolute atomic E-state index is 0.119. The molecule has 0 saturated carbocycles. The van der Waals surface area contributed by atoms with Gasteiger partial charge in [-0.3, -0.25) is 4.79 Å². The Labute approximate surface area is 164 Å². The van der Waals surface area contributed by atoms with Gasteiger partial charge in [0.1, 0.15) is 12.1 Å². The summed E-state index contributed by atoms with van der Waals surface area (Å²) in [5.74, 6) is -2.26. The number of carboxylic acids is 1. The van der Waals surface area contributed by atoms with E-state index in [1.807, 2.05) is 4.72 Å². The van der Waals surface area contributed by atoms with Gasteiger partial charge >= 0.3 is 12.0 Å². The molecule has 1 unspecified atom stereocenters. The van der Waals surface area contributed by atoms with Gasteiger partial charge < -0.3 is 15.7 Å². The quantitative estimate of drug-likeness (QED) is 0.497. The molecular formula is C18H25N3O6S. The van der Waals surface area contributed by atoms with Gasteiger partial charge in [0.25, 0.3) is 15.9 Å². The van der Waals surface area contributed by atoms with E-state index in [1.54, 1.807) is 26.8 Å². The molecule has 1 aromatic rings. The van der Waals surface area contributed by atoms with Crippen LogP contribution < -0.4 is 15.4 Å². The largest absolute Gasteiger partial charge is 0.480 e. The lowest BCUT2D eigenvalue weighted by molar-refractivity contribution is -0.141. The summed E-state index contributed by atoms with van der Waals surface area (Å²) in [7, 11) is -4.14. The van der Waals surface area contributed by atoms with Gasteiger partial charge in [0.05, 0.1) is 4.90 Å². The van der Waals surface area contributed by atoms with Crippen LogP contribution in [0.4, 0.5) is 4.79 Å². The zero-order chi connectivity index (χ0) is 21.7. The summed E-state index contributed by atoms with van der Waals surface area (Å²) in [6, 6.07) is 3.69. The van der Waals surface area contributed by atoms with Crippen molar-refractivity contribution in [1.29, 1.82) is 0 Å².